The van der Waals surface area contributed by atoms with Crippen LogP contribution in [0.3, 0.4) is 0 Å². The molecule has 0 unspecified atom stereocenters. The smallest absolute Gasteiger partial charge is 0.222 e. The van der Waals surface area contributed by atoms with E-state index in [1.807, 2.05) is 16.7 Å². The maximum absolute atomic E-state index is 11.7. The van der Waals surface area contributed by atoms with Crippen LogP contribution in [0.2, 0.25) is 0 Å². The highest BCUT2D eigenvalue weighted by Crippen LogP contribution is 2.20. The van der Waals surface area contributed by atoms with Crippen molar-refractivity contribution in [2.45, 2.75) is 113 Å². The Kier molecular flexibility index (Phi) is 26.9. The van der Waals surface area contributed by atoms with E-state index in [4.69, 9.17) is 0 Å². The molecule has 4 heterocycles. The number of Topliss-reactive ketones (excluding diaryl/α,β-unsaturated/α-hetero) is 1. The van der Waals surface area contributed by atoms with Gasteiger partial charge in [-0.1, -0.05) is 61.8 Å². The van der Waals surface area contributed by atoms with E-state index in [-0.39, 0.29) is 0 Å². The second kappa shape index (κ2) is 28.9. The molecule has 50 heavy (non-hydrogen) atoms. The van der Waals surface area contributed by atoms with E-state index in [2.05, 4.69) is 73.0 Å². The molecule has 4 saturated heterocycles. The number of amides is 2. The normalized spacial score (nSPS) is 20.2. The summed E-state index contributed by atoms with van der Waals surface area (Å²) in [5, 5.41) is 0. The average molecular weight is 708 g/mol. The molecule has 0 atom stereocenters. The number of rotatable bonds is 13. The van der Waals surface area contributed by atoms with Gasteiger partial charge in [-0.25, -0.2) is 0 Å². The summed E-state index contributed by atoms with van der Waals surface area (Å²) < 4.78 is 0. The number of hydrogen-bond donors (Lipinski definition) is 0. The molecule has 294 valence electrons. The highest BCUT2D eigenvalue weighted by molar-refractivity contribution is 5.81. The largest absolute Gasteiger partial charge is 0.340 e. The highest BCUT2D eigenvalue weighted by atomic mass is 16.2. The Morgan fingerprint density at radius 1 is 0.440 bits per heavy atom. The molecule has 0 spiro atoms. The Balaban J connectivity index is 0.000000335. The molecule has 4 rings (SSSR count). The fourth-order valence-electron chi connectivity index (χ4n) is 6.99. The van der Waals surface area contributed by atoms with Crippen LogP contribution in [0, 0.1) is 5.92 Å². The number of carbonyl (C=O) groups is 3. The summed E-state index contributed by atoms with van der Waals surface area (Å²) in [6.45, 7) is 38.2. The zero-order chi connectivity index (χ0) is 37.1. The Hall–Kier alpha value is -1.59. The molecule has 4 fully saturated rings. The van der Waals surface area contributed by atoms with Crippen LogP contribution in [0.15, 0.2) is 0 Å². The molecule has 0 aromatic rings. The van der Waals surface area contributed by atoms with Gasteiger partial charge in [0.05, 0.1) is 0 Å². The van der Waals surface area contributed by atoms with E-state index in [0.717, 1.165) is 124 Å². The van der Waals surface area contributed by atoms with E-state index in [1.54, 1.807) is 0 Å². The fraction of sp³-hybridized carbons (Fsp3) is 0.925. The number of carbonyl (C=O) groups excluding carboxylic acids is 3. The number of piperazine rings is 3. The topological polar surface area (TPSA) is 73.9 Å². The molecule has 0 aliphatic carbocycles. The van der Waals surface area contributed by atoms with Crippen molar-refractivity contribution < 1.29 is 14.4 Å². The van der Waals surface area contributed by atoms with Crippen molar-refractivity contribution in [2.75, 3.05) is 124 Å². The molecule has 10 heteroatoms. The van der Waals surface area contributed by atoms with Gasteiger partial charge in [0, 0.05) is 104 Å². The van der Waals surface area contributed by atoms with Gasteiger partial charge in [0.2, 0.25) is 11.8 Å². The second-order valence-electron chi connectivity index (χ2n) is 14.3. The third kappa shape index (κ3) is 19.3. The number of ketones is 1. The third-order valence-electron chi connectivity index (χ3n) is 10.8. The summed E-state index contributed by atoms with van der Waals surface area (Å²) in [6.07, 6.45) is 8.84. The molecule has 0 saturated carbocycles. The first-order chi connectivity index (χ1) is 24.2. The van der Waals surface area contributed by atoms with Crippen molar-refractivity contribution >= 4 is 17.6 Å². The van der Waals surface area contributed by atoms with Gasteiger partial charge >= 0.3 is 0 Å². The van der Waals surface area contributed by atoms with Crippen LogP contribution in [0.1, 0.15) is 113 Å². The van der Waals surface area contributed by atoms with Crippen molar-refractivity contribution in [2.24, 2.45) is 5.92 Å². The standard InChI is InChI=1S/C12H23NO.C10H20N2O.C9H18N2O.C9H20N2/c1-3-5-6-12(14)11-7-9-13(4-2)10-8-11;1-3-5-10(13)12-8-6-11(4-2)7-9-12;1-3-9(12)11-7-5-10(4-2)6-8-11;1-3-5-11-8-6-10(4-2)7-9-11/h11H,3-10H2,1-2H3;3-9H2,1-2H3;3-8H2,1-2H3;3-9H2,1-2H3. The lowest BCUT2D eigenvalue weighted by atomic mass is 9.90. The predicted molar refractivity (Wildman–Crippen MR) is 211 cm³/mol. The summed E-state index contributed by atoms with van der Waals surface area (Å²) in [4.78, 5) is 50.7. The van der Waals surface area contributed by atoms with Crippen LogP contribution in [0.5, 0.6) is 0 Å². The number of likely N-dealkylation sites (tertiary alicyclic amines) is 1. The average Bonchev–Trinajstić information content (AvgIpc) is 3.18. The van der Waals surface area contributed by atoms with Crippen molar-refractivity contribution in [1.82, 2.24) is 34.3 Å². The van der Waals surface area contributed by atoms with Crippen LogP contribution < -0.4 is 0 Å². The van der Waals surface area contributed by atoms with Gasteiger partial charge in [0.15, 0.2) is 0 Å². The zero-order valence-electron chi connectivity index (χ0n) is 34.2. The third-order valence-corrected chi connectivity index (χ3v) is 10.8. The lowest BCUT2D eigenvalue weighted by molar-refractivity contribution is -0.133. The Morgan fingerprint density at radius 2 is 0.840 bits per heavy atom. The molecule has 0 aromatic carbocycles. The molecular weight excluding hydrogens is 626 g/mol. The Bertz CT molecular complexity index is 859. The van der Waals surface area contributed by atoms with Crippen molar-refractivity contribution in [3.63, 3.8) is 0 Å². The SMILES string of the molecule is CCC(=O)N1CCN(CC)CC1.CCCC(=O)N1CCN(CC)CC1.CCCCC(=O)C1CCN(CC)CC1.CCCN1CCN(CC)CC1. The minimum Gasteiger partial charge on any atom is -0.340 e. The molecule has 0 radical (unpaired) electrons. The van der Waals surface area contributed by atoms with E-state index in [0.29, 0.717) is 36.4 Å². The molecule has 0 aromatic heterocycles. The maximum Gasteiger partial charge on any atom is 0.222 e. The molecule has 10 nitrogen and oxygen atoms in total. The fourth-order valence-corrected chi connectivity index (χ4v) is 6.99. The maximum atomic E-state index is 11.7. The lowest BCUT2D eigenvalue weighted by Gasteiger charge is -2.34. The van der Waals surface area contributed by atoms with Crippen molar-refractivity contribution in [3.8, 4) is 0 Å². The predicted octanol–water partition coefficient (Wildman–Crippen LogP) is 5.02. The summed E-state index contributed by atoms with van der Waals surface area (Å²) in [7, 11) is 0. The molecule has 0 N–H and O–H groups in total. The van der Waals surface area contributed by atoms with Gasteiger partial charge in [-0.15, -0.1) is 0 Å². The van der Waals surface area contributed by atoms with Gasteiger partial charge in [-0.2, -0.15) is 0 Å². The summed E-state index contributed by atoms with van der Waals surface area (Å²) in [5.41, 5.74) is 0. The van der Waals surface area contributed by atoms with Crippen LogP contribution in [0.25, 0.3) is 0 Å². The Morgan fingerprint density at radius 3 is 1.22 bits per heavy atom. The summed E-state index contributed by atoms with van der Waals surface area (Å²) in [6, 6.07) is 0. The van der Waals surface area contributed by atoms with E-state index < -0.39 is 0 Å². The monoisotopic (exact) mass is 708 g/mol. The molecular formula is C40H81N7O3. The number of piperidine rings is 1. The van der Waals surface area contributed by atoms with E-state index in [1.165, 1.54) is 45.7 Å². The van der Waals surface area contributed by atoms with Gasteiger partial charge in [0.1, 0.15) is 5.78 Å². The zero-order valence-corrected chi connectivity index (χ0v) is 34.2. The van der Waals surface area contributed by atoms with Gasteiger partial charge in [-0.3, -0.25) is 14.4 Å². The van der Waals surface area contributed by atoms with Gasteiger partial charge in [-0.05, 0) is 77.9 Å². The number of hydrogen-bond acceptors (Lipinski definition) is 8. The minimum atomic E-state index is 0.297. The first kappa shape index (κ1) is 46.4. The molecule has 4 aliphatic rings. The van der Waals surface area contributed by atoms with Crippen LogP contribution in [0.4, 0.5) is 0 Å². The van der Waals surface area contributed by atoms with Crippen LogP contribution in [-0.4, -0.2) is 176 Å². The second-order valence-corrected chi connectivity index (χ2v) is 14.3. The van der Waals surface area contributed by atoms with E-state index in [9.17, 15) is 14.4 Å². The molecule has 0 bridgehead atoms. The molecule has 2 amide bonds. The van der Waals surface area contributed by atoms with Gasteiger partial charge < -0.3 is 34.3 Å². The van der Waals surface area contributed by atoms with Crippen molar-refractivity contribution in [3.05, 3.63) is 0 Å². The van der Waals surface area contributed by atoms with Crippen molar-refractivity contribution in [1.29, 1.82) is 0 Å². The Labute approximate surface area is 309 Å². The summed E-state index contributed by atoms with van der Waals surface area (Å²) in [5.74, 6) is 1.52. The number of unbranched alkanes of at least 4 members (excludes halogenated alkanes) is 1. The number of nitrogens with zero attached hydrogens (tertiary/aromatic N) is 7. The first-order valence-electron chi connectivity index (χ1n) is 20.9. The highest BCUT2D eigenvalue weighted by Gasteiger charge is 2.23. The van der Waals surface area contributed by atoms with Crippen LogP contribution >= 0.6 is 0 Å². The molecule has 4 aliphatic heterocycles. The lowest BCUT2D eigenvalue weighted by Crippen LogP contribution is -2.48. The number of likely N-dealkylation sites (N-methyl/N-ethyl adjacent to an activating group) is 3. The van der Waals surface area contributed by atoms with Gasteiger partial charge in [0.25, 0.3) is 0 Å². The first-order valence-corrected chi connectivity index (χ1v) is 20.9. The minimum absolute atomic E-state index is 0.297. The quantitative estimate of drug-likeness (QED) is 0.265. The summed E-state index contributed by atoms with van der Waals surface area (Å²) >= 11 is 0. The van der Waals surface area contributed by atoms with E-state index >= 15 is 0 Å². The van der Waals surface area contributed by atoms with Crippen LogP contribution in [-0.2, 0) is 14.4 Å².